The second kappa shape index (κ2) is 8.96. The van der Waals surface area contributed by atoms with Crippen molar-refractivity contribution in [1.82, 2.24) is 9.21 Å². The molecule has 2 aromatic carbocycles. The van der Waals surface area contributed by atoms with Crippen molar-refractivity contribution >= 4 is 22.0 Å². The van der Waals surface area contributed by atoms with Crippen LogP contribution in [-0.2, 0) is 21.2 Å². The Morgan fingerprint density at radius 2 is 1.78 bits per heavy atom. The largest absolute Gasteiger partial charge is 0.483 e. The van der Waals surface area contributed by atoms with Crippen LogP contribution in [0.15, 0.2) is 53.9 Å². The summed E-state index contributed by atoms with van der Waals surface area (Å²) in [5.74, 6) is 1.09. The van der Waals surface area contributed by atoms with Gasteiger partial charge in [-0.05, 0) is 31.6 Å². The molecule has 7 nitrogen and oxygen atoms in total. The Hall–Kier alpha value is -2.84. The fraction of sp³-hybridized carbons (Fsp3) is 0.375. The molecule has 1 amide bonds. The van der Waals surface area contributed by atoms with Crippen LogP contribution in [0.25, 0.3) is 6.08 Å². The van der Waals surface area contributed by atoms with E-state index in [4.69, 9.17) is 9.47 Å². The van der Waals surface area contributed by atoms with Gasteiger partial charge in [0.25, 0.3) is 5.91 Å². The smallest absolute Gasteiger partial charge is 0.260 e. The number of sulfonamides is 1. The van der Waals surface area contributed by atoms with Gasteiger partial charge in [-0.15, -0.1) is 0 Å². The number of para-hydroxylation sites is 1. The highest BCUT2D eigenvalue weighted by Crippen LogP contribution is 2.41. The first-order chi connectivity index (χ1) is 15.2. The Labute approximate surface area is 189 Å². The van der Waals surface area contributed by atoms with Crippen molar-refractivity contribution in [3.05, 3.63) is 65.1 Å². The average Bonchev–Trinajstić information content (AvgIpc) is 3.11. The third-order valence-corrected chi connectivity index (χ3v) is 7.15. The van der Waals surface area contributed by atoms with Crippen molar-refractivity contribution < 1.29 is 22.7 Å². The van der Waals surface area contributed by atoms with Crippen LogP contribution >= 0.6 is 0 Å². The summed E-state index contributed by atoms with van der Waals surface area (Å²) >= 11 is 0. The molecule has 0 atom stereocenters. The molecule has 2 aliphatic heterocycles. The van der Waals surface area contributed by atoms with Gasteiger partial charge >= 0.3 is 0 Å². The van der Waals surface area contributed by atoms with Gasteiger partial charge in [-0.1, -0.05) is 42.5 Å². The van der Waals surface area contributed by atoms with Gasteiger partial charge in [0.15, 0.2) is 18.1 Å². The highest BCUT2D eigenvalue weighted by atomic mass is 32.2. The first-order valence-corrected chi connectivity index (χ1v) is 12.2. The third kappa shape index (κ3) is 5.14. The fourth-order valence-corrected chi connectivity index (χ4v) is 5.11. The molecule has 170 valence electrons. The van der Waals surface area contributed by atoms with Crippen LogP contribution in [0.5, 0.6) is 11.5 Å². The number of nitrogens with zero attached hydrogens (tertiary/aromatic N) is 2. The maximum atomic E-state index is 12.6. The van der Waals surface area contributed by atoms with Crippen LogP contribution in [-0.4, -0.2) is 61.9 Å². The molecule has 0 bridgehead atoms. The maximum Gasteiger partial charge on any atom is 0.260 e. The highest BCUT2D eigenvalue weighted by Gasteiger charge is 2.33. The number of carbonyl (C=O) groups excluding carboxylic acids is 1. The van der Waals surface area contributed by atoms with E-state index in [1.165, 1.54) is 9.71 Å². The molecule has 0 N–H and O–H groups in total. The summed E-state index contributed by atoms with van der Waals surface area (Å²) < 4.78 is 38.4. The first-order valence-electron chi connectivity index (χ1n) is 10.7. The second-order valence-electron chi connectivity index (χ2n) is 8.61. The molecule has 0 saturated carbocycles. The lowest BCUT2D eigenvalue weighted by molar-refractivity contribution is -0.134. The van der Waals surface area contributed by atoms with Crippen LogP contribution in [0.2, 0.25) is 0 Å². The average molecular weight is 457 g/mol. The number of rotatable bonds is 6. The van der Waals surface area contributed by atoms with Crippen LogP contribution < -0.4 is 9.47 Å². The van der Waals surface area contributed by atoms with Crippen molar-refractivity contribution in [2.75, 3.05) is 32.8 Å². The fourth-order valence-electron chi connectivity index (χ4n) is 3.94. The van der Waals surface area contributed by atoms with Gasteiger partial charge in [0, 0.05) is 43.6 Å². The van der Waals surface area contributed by atoms with E-state index in [0.29, 0.717) is 24.6 Å². The van der Waals surface area contributed by atoms with E-state index in [-0.39, 0.29) is 31.2 Å². The Bertz CT molecular complexity index is 1100. The summed E-state index contributed by atoms with van der Waals surface area (Å²) in [6.45, 7) is 5.10. The summed E-state index contributed by atoms with van der Waals surface area (Å²) in [5.41, 5.74) is 1.60. The van der Waals surface area contributed by atoms with Gasteiger partial charge < -0.3 is 14.4 Å². The number of ether oxygens (including phenoxy) is 2. The summed E-state index contributed by atoms with van der Waals surface area (Å²) in [5, 5.41) is 1.22. The summed E-state index contributed by atoms with van der Waals surface area (Å²) in [4.78, 5) is 14.3. The SMILES string of the molecule is CC1(C)Cc2cccc(OCC(=O)N3CCN(S(=O)(=O)C=Cc4ccccc4)CC3)c2O1. The number of carbonyl (C=O) groups is 1. The van der Waals surface area contributed by atoms with Gasteiger partial charge in [0.05, 0.1) is 0 Å². The highest BCUT2D eigenvalue weighted by molar-refractivity contribution is 7.92. The van der Waals surface area contributed by atoms with E-state index < -0.39 is 10.0 Å². The number of hydrogen-bond acceptors (Lipinski definition) is 5. The number of benzene rings is 2. The molecule has 2 aromatic rings. The van der Waals surface area contributed by atoms with Crippen molar-refractivity contribution in [2.24, 2.45) is 0 Å². The molecule has 0 aliphatic carbocycles. The van der Waals surface area contributed by atoms with Crippen LogP contribution in [0.3, 0.4) is 0 Å². The lowest BCUT2D eigenvalue weighted by Gasteiger charge is -2.33. The van der Waals surface area contributed by atoms with Crippen LogP contribution in [0.1, 0.15) is 25.0 Å². The van der Waals surface area contributed by atoms with Gasteiger partial charge in [0.2, 0.25) is 10.0 Å². The molecule has 0 unspecified atom stereocenters. The van der Waals surface area contributed by atoms with E-state index in [1.54, 1.807) is 17.0 Å². The van der Waals surface area contributed by atoms with E-state index >= 15 is 0 Å². The monoisotopic (exact) mass is 456 g/mol. The quantitative estimate of drug-likeness (QED) is 0.668. The molecular weight excluding hydrogens is 428 g/mol. The van der Waals surface area contributed by atoms with Gasteiger partial charge in [-0.3, -0.25) is 4.79 Å². The van der Waals surface area contributed by atoms with Crippen molar-refractivity contribution in [3.63, 3.8) is 0 Å². The second-order valence-corrected chi connectivity index (χ2v) is 10.4. The minimum absolute atomic E-state index is 0.110. The number of piperazine rings is 1. The minimum atomic E-state index is -3.54. The van der Waals surface area contributed by atoms with Gasteiger partial charge in [-0.25, -0.2) is 8.42 Å². The topological polar surface area (TPSA) is 76.2 Å². The zero-order valence-corrected chi connectivity index (χ0v) is 19.2. The van der Waals surface area contributed by atoms with E-state index in [2.05, 4.69) is 0 Å². The van der Waals surface area contributed by atoms with Crippen LogP contribution in [0.4, 0.5) is 0 Å². The van der Waals surface area contributed by atoms with Crippen LogP contribution in [0, 0.1) is 0 Å². The lowest BCUT2D eigenvalue weighted by atomic mass is 10.0. The Balaban J connectivity index is 1.30. The molecule has 0 spiro atoms. The molecule has 2 heterocycles. The predicted octanol–water partition coefficient (Wildman–Crippen LogP) is 2.92. The molecule has 8 heteroatoms. The zero-order chi connectivity index (χ0) is 22.8. The standard InChI is InChI=1S/C24H28N2O5S/c1-24(2)17-20-9-6-10-21(23(20)31-24)30-18-22(27)25-12-14-26(15-13-25)32(28,29)16-11-19-7-4-3-5-8-19/h3-11,16H,12-15,17-18H2,1-2H3. The molecule has 2 aliphatic rings. The summed E-state index contributed by atoms with van der Waals surface area (Å²) in [6, 6.07) is 15.0. The Kier molecular flexibility index (Phi) is 6.26. The number of amides is 1. The number of hydrogen-bond donors (Lipinski definition) is 0. The maximum absolute atomic E-state index is 12.6. The van der Waals surface area contributed by atoms with E-state index in [0.717, 1.165) is 17.5 Å². The molecule has 0 aromatic heterocycles. The molecule has 0 radical (unpaired) electrons. The van der Waals surface area contributed by atoms with Gasteiger partial charge in [0.1, 0.15) is 5.60 Å². The van der Waals surface area contributed by atoms with Crippen molar-refractivity contribution in [2.45, 2.75) is 25.9 Å². The van der Waals surface area contributed by atoms with Crippen molar-refractivity contribution in [1.29, 1.82) is 0 Å². The molecule has 32 heavy (non-hydrogen) atoms. The summed E-state index contributed by atoms with van der Waals surface area (Å²) in [6.07, 6.45) is 2.38. The molecule has 4 rings (SSSR count). The third-order valence-electron chi connectivity index (χ3n) is 5.59. The lowest BCUT2D eigenvalue weighted by Crippen LogP contribution is -2.51. The predicted molar refractivity (Wildman–Crippen MR) is 123 cm³/mol. The number of fused-ring (bicyclic) bond motifs is 1. The first kappa shape index (κ1) is 22.4. The molecule has 1 fully saturated rings. The molecular formula is C24H28N2O5S. The van der Waals surface area contributed by atoms with E-state index in [9.17, 15) is 13.2 Å². The molecule has 1 saturated heterocycles. The Morgan fingerprint density at radius 1 is 1.06 bits per heavy atom. The van der Waals surface area contributed by atoms with E-state index in [1.807, 2.05) is 56.3 Å². The Morgan fingerprint density at radius 3 is 2.50 bits per heavy atom. The zero-order valence-electron chi connectivity index (χ0n) is 18.4. The van der Waals surface area contributed by atoms with Gasteiger partial charge in [-0.2, -0.15) is 4.31 Å². The minimum Gasteiger partial charge on any atom is -0.483 e. The normalized spacial score (nSPS) is 18.4. The van der Waals surface area contributed by atoms with Crippen molar-refractivity contribution in [3.8, 4) is 11.5 Å². The summed E-state index contributed by atoms with van der Waals surface area (Å²) in [7, 11) is -3.54.